The number of hydrogen-bond acceptors (Lipinski definition) is 3. The topological polar surface area (TPSA) is 15.3 Å². The largest absolute Gasteiger partial charge is 0.311 e. The third kappa shape index (κ3) is 2.82. The van der Waals surface area contributed by atoms with Crippen molar-refractivity contribution >= 4 is 11.8 Å². The lowest BCUT2D eigenvalue weighted by atomic mass is 10.3. The van der Waals surface area contributed by atoms with Crippen molar-refractivity contribution in [3.63, 3.8) is 0 Å². The molecule has 1 N–H and O–H groups in total. The van der Waals surface area contributed by atoms with Crippen molar-refractivity contribution in [1.82, 2.24) is 10.2 Å². The summed E-state index contributed by atoms with van der Waals surface area (Å²) in [5.74, 6) is 2.41. The lowest BCUT2D eigenvalue weighted by Gasteiger charge is -2.27. The summed E-state index contributed by atoms with van der Waals surface area (Å²) in [5, 5.41) is 3.48. The molecule has 13 heavy (non-hydrogen) atoms. The zero-order valence-electron chi connectivity index (χ0n) is 7.84. The van der Waals surface area contributed by atoms with Crippen LogP contribution in [0.4, 0.5) is 4.39 Å². The first-order valence-electron chi connectivity index (χ1n) is 5.02. The summed E-state index contributed by atoms with van der Waals surface area (Å²) in [6.45, 7) is 3.75. The molecule has 2 fully saturated rings. The molecule has 4 heteroatoms. The minimum Gasteiger partial charge on any atom is -0.311 e. The summed E-state index contributed by atoms with van der Waals surface area (Å²) in [5.41, 5.74) is 0. The molecule has 0 saturated carbocycles. The fraction of sp³-hybridized carbons (Fsp3) is 1.00. The standard InChI is InChI=1S/C9H17FN2S/c10-8-1-3-12(5-8)6-9-7-13-4-2-11-9/h8-9,11H,1-7H2. The predicted octanol–water partition coefficient (Wildman–Crippen LogP) is 0.735. The van der Waals surface area contributed by atoms with Crippen LogP contribution in [0.2, 0.25) is 0 Å². The highest BCUT2D eigenvalue weighted by atomic mass is 32.2. The van der Waals surface area contributed by atoms with Crippen LogP contribution in [0.15, 0.2) is 0 Å². The van der Waals surface area contributed by atoms with Crippen molar-refractivity contribution in [2.75, 3.05) is 37.7 Å². The van der Waals surface area contributed by atoms with Gasteiger partial charge in [0, 0.05) is 43.7 Å². The third-order valence-corrected chi connectivity index (χ3v) is 3.82. The number of halogens is 1. The Kier molecular flexibility index (Phi) is 3.46. The monoisotopic (exact) mass is 204 g/mol. The first-order chi connectivity index (χ1) is 6.34. The van der Waals surface area contributed by atoms with Crippen LogP contribution in [0.25, 0.3) is 0 Å². The fourth-order valence-corrected chi connectivity index (χ4v) is 2.94. The molecular formula is C9H17FN2S. The molecule has 2 aliphatic rings. The second-order valence-corrected chi connectivity index (χ2v) is 5.02. The number of nitrogens with one attached hydrogen (secondary N) is 1. The Morgan fingerprint density at radius 2 is 2.46 bits per heavy atom. The second kappa shape index (κ2) is 4.62. The van der Waals surface area contributed by atoms with Gasteiger partial charge in [0.05, 0.1) is 0 Å². The maximum atomic E-state index is 12.9. The van der Waals surface area contributed by atoms with Gasteiger partial charge in [-0.2, -0.15) is 11.8 Å². The fourth-order valence-electron chi connectivity index (χ4n) is 2.00. The minimum absolute atomic E-state index is 0.573. The van der Waals surface area contributed by atoms with E-state index in [2.05, 4.69) is 10.2 Å². The molecule has 0 aromatic heterocycles. The van der Waals surface area contributed by atoms with Gasteiger partial charge in [0.2, 0.25) is 0 Å². The lowest BCUT2D eigenvalue weighted by molar-refractivity contribution is 0.267. The number of thioether (sulfide) groups is 1. The van der Waals surface area contributed by atoms with E-state index in [-0.39, 0.29) is 0 Å². The Balaban J connectivity index is 1.71. The van der Waals surface area contributed by atoms with Crippen LogP contribution in [-0.4, -0.2) is 54.8 Å². The molecular weight excluding hydrogens is 187 g/mol. The molecule has 2 rings (SSSR count). The highest BCUT2D eigenvalue weighted by molar-refractivity contribution is 7.99. The zero-order valence-corrected chi connectivity index (χ0v) is 8.65. The Labute approximate surface area is 83.2 Å². The molecule has 0 bridgehead atoms. The van der Waals surface area contributed by atoms with E-state index < -0.39 is 6.17 Å². The van der Waals surface area contributed by atoms with Crippen LogP contribution in [0.5, 0.6) is 0 Å². The molecule has 0 aromatic rings. The summed E-state index contributed by atoms with van der Waals surface area (Å²) in [6, 6.07) is 0.587. The maximum absolute atomic E-state index is 12.9. The van der Waals surface area contributed by atoms with Gasteiger partial charge in [-0.05, 0) is 6.42 Å². The van der Waals surface area contributed by atoms with E-state index in [9.17, 15) is 4.39 Å². The van der Waals surface area contributed by atoms with Gasteiger partial charge in [-0.25, -0.2) is 4.39 Å². The van der Waals surface area contributed by atoms with Gasteiger partial charge >= 0.3 is 0 Å². The first-order valence-corrected chi connectivity index (χ1v) is 6.17. The molecule has 0 aromatic carbocycles. The molecule has 2 heterocycles. The predicted molar refractivity (Wildman–Crippen MR) is 55.1 cm³/mol. The zero-order chi connectivity index (χ0) is 9.10. The molecule has 0 amide bonds. The summed E-state index contributed by atoms with van der Waals surface area (Å²) in [7, 11) is 0. The van der Waals surface area contributed by atoms with E-state index in [1.165, 1.54) is 11.5 Å². The Hall–Kier alpha value is 0.200. The van der Waals surface area contributed by atoms with Gasteiger partial charge in [0.25, 0.3) is 0 Å². The van der Waals surface area contributed by atoms with E-state index in [4.69, 9.17) is 0 Å². The summed E-state index contributed by atoms with van der Waals surface area (Å²) >= 11 is 2.00. The smallest absolute Gasteiger partial charge is 0.114 e. The first kappa shape index (κ1) is 9.74. The molecule has 0 radical (unpaired) electrons. The van der Waals surface area contributed by atoms with Crippen molar-refractivity contribution < 1.29 is 4.39 Å². The van der Waals surface area contributed by atoms with Crippen LogP contribution in [0.3, 0.4) is 0 Å². The molecule has 2 aliphatic heterocycles. The lowest BCUT2D eigenvalue weighted by Crippen LogP contribution is -2.45. The average Bonchev–Trinajstić information content (AvgIpc) is 2.53. The highest BCUT2D eigenvalue weighted by Gasteiger charge is 2.24. The van der Waals surface area contributed by atoms with E-state index in [0.717, 1.165) is 26.1 Å². The molecule has 2 unspecified atom stereocenters. The third-order valence-electron chi connectivity index (χ3n) is 2.69. The molecule has 76 valence electrons. The summed E-state index contributed by atoms with van der Waals surface area (Å²) < 4.78 is 12.9. The van der Waals surface area contributed by atoms with Gasteiger partial charge in [-0.15, -0.1) is 0 Å². The van der Waals surface area contributed by atoms with Crippen molar-refractivity contribution in [3.05, 3.63) is 0 Å². The highest BCUT2D eigenvalue weighted by Crippen LogP contribution is 2.15. The number of alkyl halides is 1. The average molecular weight is 204 g/mol. The van der Waals surface area contributed by atoms with Gasteiger partial charge in [-0.1, -0.05) is 0 Å². The van der Waals surface area contributed by atoms with Gasteiger partial charge in [0.1, 0.15) is 6.17 Å². The summed E-state index contributed by atoms with van der Waals surface area (Å²) in [6.07, 6.45) is 0.163. The van der Waals surface area contributed by atoms with E-state index in [1.54, 1.807) is 0 Å². The summed E-state index contributed by atoms with van der Waals surface area (Å²) in [4.78, 5) is 2.24. The molecule has 0 aliphatic carbocycles. The SMILES string of the molecule is FC1CCN(CC2CSCCN2)C1. The molecule has 2 nitrogen and oxygen atoms in total. The number of nitrogens with zero attached hydrogens (tertiary/aromatic N) is 1. The van der Waals surface area contributed by atoms with Crippen LogP contribution < -0.4 is 5.32 Å². The van der Waals surface area contributed by atoms with Crippen molar-refractivity contribution in [3.8, 4) is 0 Å². The minimum atomic E-state index is -0.573. The van der Waals surface area contributed by atoms with E-state index in [1.807, 2.05) is 11.8 Å². The molecule has 2 saturated heterocycles. The number of rotatable bonds is 2. The Morgan fingerprint density at radius 1 is 1.54 bits per heavy atom. The van der Waals surface area contributed by atoms with Crippen LogP contribution in [-0.2, 0) is 0 Å². The number of likely N-dealkylation sites (tertiary alicyclic amines) is 1. The van der Waals surface area contributed by atoms with Crippen LogP contribution in [0, 0.1) is 0 Å². The van der Waals surface area contributed by atoms with Gasteiger partial charge < -0.3 is 5.32 Å². The number of hydrogen-bond donors (Lipinski definition) is 1. The van der Waals surface area contributed by atoms with Crippen molar-refractivity contribution in [2.45, 2.75) is 18.6 Å². The normalized spacial score (nSPS) is 36.7. The Morgan fingerprint density at radius 3 is 3.08 bits per heavy atom. The maximum Gasteiger partial charge on any atom is 0.114 e. The van der Waals surface area contributed by atoms with Gasteiger partial charge in [-0.3, -0.25) is 4.90 Å². The molecule has 0 spiro atoms. The van der Waals surface area contributed by atoms with Gasteiger partial charge in [0.15, 0.2) is 0 Å². The van der Waals surface area contributed by atoms with E-state index in [0.29, 0.717) is 12.6 Å². The van der Waals surface area contributed by atoms with Crippen molar-refractivity contribution in [1.29, 1.82) is 0 Å². The Bertz CT molecular complexity index is 159. The van der Waals surface area contributed by atoms with Crippen molar-refractivity contribution in [2.24, 2.45) is 0 Å². The quantitative estimate of drug-likeness (QED) is 0.714. The van der Waals surface area contributed by atoms with Crippen LogP contribution in [0.1, 0.15) is 6.42 Å². The second-order valence-electron chi connectivity index (χ2n) is 3.87. The molecule has 2 atom stereocenters. The van der Waals surface area contributed by atoms with E-state index >= 15 is 0 Å². The van der Waals surface area contributed by atoms with Crippen LogP contribution >= 0.6 is 11.8 Å².